The lowest BCUT2D eigenvalue weighted by molar-refractivity contribution is -0.391. The van der Waals surface area contributed by atoms with Gasteiger partial charge in [-0.15, -0.1) is 0 Å². The standard InChI is InChI=1S/C33H28F4N4O7S/c34-32(35)33(36,37)48-26-25(47-32)15-14-23-27(26)49-30(39-23)40-31(46)41(22-12-10-20(11-13-22)19-4-2-1-3-5-19)17-18-6-8-21(9-7-18)28(43)38-16-24(42)29(44)45/h4,6-15,24,42H,1-3,5,16-17H2,(H,38,43)(H,44,45)(H,39,40,46)/t24-/m1/s1. The Morgan fingerprint density at radius 2 is 1.67 bits per heavy atom. The largest absolute Gasteiger partial charge is 0.507 e. The summed E-state index contributed by atoms with van der Waals surface area (Å²) in [4.78, 5) is 42.7. The number of halogens is 4. The molecular formula is C33H28F4N4O7S. The van der Waals surface area contributed by atoms with Crippen LogP contribution >= 0.6 is 11.3 Å². The number of nitrogens with zero attached hydrogens (tertiary/aromatic N) is 2. The summed E-state index contributed by atoms with van der Waals surface area (Å²) in [5.41, 5.74) is 3.63. The Kier molecular flexibility index (Phi) is 9.18. The highest BCUT2D eigenvalue weighted by atomic mass is 32.1. The maximum absolute atomic E-state index is 14.0. The summed E-state index contributed by atoms with van der Waals surface area (Å²) in [6.45, 7) is -0.481. The van der Waals surface area contributed by atoms with Crippen LogP contribution in [0.15, 0.2) is 66.7 Å². The van der Waals surface area contributed by atoms with E-state index in [9.17, 15) is 37.1 Å². The van der Waals surface area contributed by atoms with Crippen LogP contribution in [0.5, 0.6) is 11.5 Å². The molecule has 0 radical (unpaired) electrons. The van der Waals surface area contributed by atoms with Crippen LogP contribution in [0.3, 0.4) is 0 Å². The van der Waals surface area contributed by atoms with Crippen LogP contribution in [0, 0.1) is 0 Å². The molecule has 1 aliphatic heterocycles. The van der Waals surface area contributed by atoms with Crippen molar-refractivity contribution in [2.75, 3.05) is 16.8 Å². The van der Waals surface area contributed by atoms with Crippen LogP contribution in [0.1, 0.15) is 47.2 Å². The number of thiazole rings is 1. The number of allylic oxidation sites excluding steroid dienone is 2. The zero-order valence-corrected chi connectivity index (χ0v) is 26.2. The first-order valence-corrected chi connectivity index (χ1v) is 15.9. The zero-order chi connectivity index (χ0) is 34.9. The smallest absolute Gasteiger partial charge is 0.479 e. The van der Waals surface area contributed by atoms with Crippen LogP contribution in [-0.4, -0.2) is 58.0 Å². The molecule has 0 spiro atoms. The Morgan fingerprint density at radius 3 is 2.35 bits per heavy atom. The van der Waals surface area contributed by atoms with E-state index in [0.29, 0.717) is 11.3 Å². The molecule has 3 amide bonds. The molecule has 0 saturated carbocycles. The molecule has 49 heavy (non-hydrogen) atoms. The number of hydrogen-bond acceptors (Lipinski definition) is 8. The van der Waals surface area contributed by atoms with Gasteiger partial charge in [-0.1, -0.05) is 41.7 Å². The lowest BCUT2D eigenvalue weighted by Gasteiger charge is -2.31. The summed E-state index contributed by atoms with van der Waals surface area (Å²) in [6, 6.07) is 15.2. The van der Waals surface area contributed by atoms with Gasteiger partial charge in [0.2, 0.25) is 0 Å². The molecule has 2 aliphatic rings. The van der Waals surface area contributed by atoms with Gasteiger partial charge in [0.25, 0.3) is 5.91 Å². The second-order valence-corrected chi connectivity index (χ2v) is 12.3. The molecule has 256 valence electrons. The summed E-state index contributed by atoms with van der Waals surface area (Å²) in [5.74, 6) is -3.31. The number of anilines is 2. The van der Waals surface area contributed by atoms with Gasteiger partial charge < -0.3 is 25.0 Å². The van der Waals surface area contributed by atoms with Crippen molar-refractivity contribution in [3.8, 4) is 11.5 Å². The number of aliphatic hydroxyl groups excluding tert-OH is 1. The number of aliphatic hydroxyl groups is 1. The predicted molar refractivity (Wildman–Crippen MR) is 171 cm³/mol. The number of carboxylic acid groups (broad SMARTS) is 1. The van der Waals surface area contributed by atoms with Gasteiger partial charge in [0.1, 0.15) is 4.70 Å². The molecule has 1 aromatic heterocycles. The highest BCUT2D eigenvalue weighted by molar-refractivity contribution is 7.22. The fourth-order valence-electron chi connectivity index (χ4n) is 5.28. The van der Waals surface area contributed by atoms with Crippen molar-refractivity contribution >= 4 is 55.9 Å². The zero-order valence-electron chi connectivity index (χ0n) is 25.4. The summed E-state index contributed by atoms with van der Waals surface area (Å²) < 4.78 is 63.9. The Bertz CT molecular complexity index is 1930. The van der Waals surface area contributed by atoms with E-state index in [2.05, 4.69) is 31.2 Å². The average Bonchev–Trinajstić information content (AvgIpc) is 3.50. The van der Waals surface area contributed by atoms with E-state index in [1.54, 1.807) is 24.3 Å². The van der Waals surface area contributed by atoms with Crippen LogP contribution < -0.4 is 25.0 Å². The number of nitrogens with one attached hydrogen (secondary N) is 2. The van der Waals surface area contributed by atoms with Crippen LogP contribution in [-0.2, 0) is 11.3 Å². The molecule has 4 aromatic rings. The predicted octanol–water partition coefficient (Wildman–Crippen LogP) is 6.62. The molecule has 0 bridgehead atoms. The van der Waals surface area contributed by atoms with Crippen molar-refractivity contribution < 1.29 is 51.6 Å². The number of carbonyl (C=O) groups excluding carboxylic acids is 2. The van der Waals surface area contributed by atoms with Crippen molar-refractivity contribution in [3.63, 3.8) is 0 Å². The molecule has 16 heteroatoms. The molecule has 11 nitrogen and oxygen atoms in total. The van der Waals surface area contributed by atoms with Crippen LogP contribution in [0.25, 0.3) is 15.8 Å². The molecule has 0 unspecified atom stereocenters. The molecule has 0 fully saturated rings. The van der Waals surface area contributed by atoms with Crippen LogP contribution in [0.2, 0.25) is 0 Å². The number of fused-ring (bicyclic) bond motifs is 3. The molecule has 2 heterocycles. The van der Waals surface area contributed by atoms with Gasteiger partial charge in [-0.2, -0.15) is 17.6 Å². The highest BCUT2D eigenvalue weighted by Gasteiger charge is 2.66. The quantitative estimate of drug-likeness (QED) is 0.142. The maximum Gasteiger partial charge on any atom is 0.507 e. The number of hydrogen-bond donors (Lipinski definition) is 4. The molecule has 1 atom stereocenters. The third-order valence-electron chi connectivity index (χ3n) is 7.88. The number of alkyl halides is 4. The van der Waals surface area contributed by atoms with Gasteiger partial charge in [0.05, 0.1) is 18.6 Å². The number of rotatable bonds is 9. The Morgan fingerprint density at radius 1 is 0.959 bits per heavy atom. The minimum absolute atomic E-state index is 0.00601. The van der Waals surface area contributed by atoms with Gasteiger partial charge in [-0.05, 0) is 78.8 Å². The van der Waals surface area contributed by atoms with Gasteiger partial charge in [0, 0.05) is 11.3 Å². The Balaban J connectivity index is 1.25. The van der Waals surface area contributed by atoms with Gasteiger partial charge >= 0.3 is 24.2 Å². The number of aromatic nitrogens is 1. The van der Waals surface area contributed by atoms with Gasteiger partial charge in [-0.3, -0.25) is 15.0 Å². The third-order valence-corrected chi connectivity index (χ3v) is 8.87. The number of carboxylic acids is 1. The Labute approximate surface area is 279 Å². The number of amides is 3. The lowest BCUT2D eigenvalue weighted by Crippen LogP contribution is -2.52. The number of benzene rings is 3. The molecule has 3 aromatic carbocycles. The molecule has 4 N–H and O–H groups in total. The number of aliphatic carboxylic acids is 1. The average molecular weight is 701 g/mol. The summed E-state index contributed by atoms with van der Waals surface area (Å²) >= 11 is 0.735. The van der Waals surface area contributed by atoms with Gasteiger partial charge in [0.15, 0.2) is 22.7 Å². The number of urea groups is 1. The van der Waals surface area contributed by atoms with E-state index in [1.807, 2.05) is 12.1 Å². The second-order valence-electron chi connectivity index (χ2n) is 11.3. The molecular weight excluding hydrogens is 672 g/mol. The van der Waals surface area contributed by atoms with Crippen LogP contribution in [0.4, 0.5) is 33.2 Å². The summed E-state index contributed by atoms with van der Waals surface area (Å²) in [6.07, 6.45) is -5.25. The summed E-state index contributed by atoms with van der Waals surface area (Å²) in [7, 11) is 0. The van der Waals surface area contributed by atoms with Crippen molar-refractivity contribution in [2.24, 2.45) is 0 Å². The van der Waals surface area contributed by atoms with Crippen molar-refractivity contribution in [1.29, 1.82) is 0 Å². The normalized spacial score (nSPS) is 16.7. The number of ether oxygens (including phenoxy) is 2. The monoisotopic (exact) mass is 700 g/mol. The Hall–Kier alpha value is -5.22. The SMILES string of the molecule is O=C(NC[C@@H](O)C(=O)O)c1ccc(CN(C(=O)Nc2nc3ccc4c(c3s2)OC(F)(F)C(F)(F)O4)c2ccc(C3=CCCCC3)cc2)cc1. The van der Waals surface area contributed by atoms with Crippen molar-refractivity contribution in [3.05, 3.63) is 83.4 Å². The molecule has 1 aliphatic carbocycles. The van der Waals surface area contributed by atoms with Crippen molar-refractivity contribution in [2.45, 2.75) is 50.5 Å². The summed E-state index contributed by atoms with van der Waals surface area (Å²) in [5, 5.41) is 23.2. The second kappa shape index (κ2) is 13.4. The fraction of sp³-hybridized carbons (Fsp3) is 0.273. The number of carbonyl (C=O) groups is 3. The first kappa shape index (κ1) is 33.7. The van der Waals surface area contributed by atoms with E-state index in [-0.39, 0.29) is 27.5 Å². The third kappa shape index (κ3) is 7.15. The minimum atomic E-state index is -4.94. The fourth-order valence-corrected chi connectivity index (χ4v) is 6.21. The van der Waals surface area contributed by atoms with E-state index in [1.165, 1.54) is 28.7 Å². The van der Waals surface area contributed by atoms with E-state index >= 15 is 0 Å². The topological polar surface area (TPSA) is 150 Å². The maximum atomic E-state index is 14.0. The highest BCUT2D eigenvalue weighted by Crippen LogP contribution is 2.51. The first-order chi connectivity index (χ1) is 23.3. The van der Waals surface area contributed by atoms with Gasteiger partial charge in [-0.25, -0.2) is 14.6 Å². The van der Waals surface area contributed by atoms with E-state index in [0.717, 1.165) is 48.6 Å². The lowest BCUT2D eigenvalue weighted by atomic mass is 9.93. The molecule has 6 rings (SSSR count). The van der Waals surface area contributed by atoms with E-state index in [4.69, 9.17) is 5.11 Å². The molecule has 0 saturated heterocycles. The van der Waals surface area contributed by atoms with Crippen molar-refractivity contribution in [1.82, 2.24) is 10.3 Å². The first-order valence-electron chi connectivity index (χ1n) is 15.0. The van der Waals surface area contributed by atoms with E-state index < -0.39 is 54.3 Å². The minimum Gasteiger partial charge on any atom is -0.479 e.